The van der Waals surface area contributed by atoms with Crippen molar-refractivity contribution < 1.29 is 0 Å². The predicted octanol–water partition coefficient (Wildman–Crippen LogP) is 3.95. The van der Waals surface area contributed by atoms with E-state index in [1.807, 2.05) is 12.3 Å². The third-order valence-electron chi connectivity index (χ3n) is 3.01. The first-order valence-electron chi connectivity index (χ1n) is 5.68. The lowest BCUT2D eigenvalue weighted by molar-refractivity contribution is 0.441. The number of nitrogens with zero attached hydrogens (tertiary/aromatic N) is 1. The van der Waals surface area contributed by atoms with Crippen molar-refractivity contribution in [2.75, 3.05) is 0 Å². The lowest BCUT2D eigenvalue weighted by atomic mass is 10.00. The molecular weight excluding hydrogens is 298 g/mol. The number of H-pyrrole nitrogens is 1. The molecule has 2 unspecified atom stereocenters. The number of nitrogens with two attached hydrogens (primary N) is 1. The number of nitrogens with one attached hydrogen (secondary N) is 1. The Morgan fingerprint density at radius 2 is 2.29 bits per heavy atom. The summed E-state index contributed by atoms with van der Waals surface area (Å²) in [4.78, 5) is 8.87. The van der Waals surface area contributed by atoms with E-state index >= 15 is 0 Å². The zero-order valence-corrected chi connectivity index (χ0v) is 12.3. The Labute approximate surface area is 114 Å². The van der Waals surface area contributed by atoms with Crippen molar-refractivity contribution in [2.45, 2.75) is 26.3 Å². The van der Waals surface area contributed by atoms with E-state index in [9.17, 15) is 0 Å². The van der Waals surface area contributed by atoms with Gasteiger partial charge in [0.25, 0.3) is 0 Å². The molecule has 0 aliphatic heterocycles. The number of thiophene rings is 1. The summed E-state index contributed by atoms with van der Waals surface area (Å²) in [5, 5.41) is 0. The average molecular weight is 314 g/mol. The second kappa shape index (κ2) is 5.33. The van der Waals surface area contributed by atoms with Gasteiger partial charge in [-0.3, -0.25) is 0 Å². The fourth-order valence-corrected chi connectivity index (χ4v) is 2.97. The Kier molecular flexibility index (Phi) is 4.01. The van der Waals surface area contributed by atoms with Crippen LogP contribution in [0.2, 0.25) is 0 Å². The maximum Gasteiger partial charge on any atom is 0.123 e. The molecule has 0 fully saturated rings. The number of imidazole rings is 1. The van der Waals surface area contributed by atoms with Gasteiger partial charge >= 0.3 is 0 Å². The number of hydrogen-bond acceptors (Lipinski definition) is 3. The predicted molar refractivity (Wildman–Crippen MR) is 76.0 cm³/mol. The van der Waals surface area contributed by atoms with Gasteiger partial charge in [-0.2, -0.15) is 0 Å². The first-order chi connectivity index (χ1) is 8.11. The van der Waals surface area contributed by atoms with E-state index in [0.29, 0.717) is 5.92 Å². The fourth-order valence-electron chi connectivity index (χ4n) is 1.61. The van der Waals surface area contributed by atoms with Crippen LogP contribution in [-0.4, -0.2) is 9.97 Å². The largest absolute Gasteiger partial charge is 0.340 e. The molecule has 0 spiro atoms. The SMILES string of the molecule is CCC(C)C(N)c1ncc(-c2ccc(Br)s2)[nH]1. The van der Waals surface area contributed by atoms with Gasteiger partial charge in [0.1, 0.15) is 5.82 Å². The van der Waals surface area contributed by atoms with E-state index in [2.05, 4.69) is 45.8 Å². The summed E-state index contributed by atoms with van der Waals surface area (Å²) in [7, 11) is 0. The summed E-state index contributed by atoms with van der Waals surface area (Å²) in [5.74, 6) is 1.31. The molecule has 3 N–H and O–H groups in total. The minimum Gasteiger partial charge on any atom is -0.340 e. The summed E-state index contributed by atoms with van der Waals surface area (Å²) >= 11 is 5.14. The molecule has 2 aromatic heterocycles. The third-order valence-corrected chi connectivity index (χ3v) is 4.66. The van der Waals surface area contributed by atoms with Crippen LogP contribution in [0.15, 0.2) is 22.1 Å². The van der Waals surface area contributed by atoms with Gasteiger partial charge in [0, 0.05) is 0 Å². The van der Waals surface area contributed by atoms with Crippen LogP contribution >= 0.6 is 27.3 Å². The molecule has 2 rings (SSSR count). The summed E-state index contributed by atoms with van der Waals surface area (Å²) in [5.41, 5.74) is 7.18. The van der Waals surface area contributed by atoms with Gasteiger partial charge < -0.3 is 10.7 Å². The van der Waals surface area contributed by atoms with Crippen LogP contribution in [0.1, 0.15) is 32.1 Å². The maximum atomic E-state index is 6.15. The lowest BCUT2D eigenvalue weighted by Crippen LogP contribution is -2.19. The van der Waals surface area contributed by atoms with Gasteiger partial charge in [-0.05, 0) is 34.0 Å². The number of rotatable bonds is 4. The van der Waals surface area contributed by atoms with E-state index in [4.69, 9.17) is 5.73 Å². The van der Waals surface area contributed by atoms with E-state index in [1.54, 1.807) is 11.3 Å². The molecule has 0 radical (unpaired) electrons. The Balaban J connectivity index is 2.21. The van der Waals surface area contributed by atoms with Crippen molar-refractivity contribution in [3.8, 4) is 10.6 Å². The normalized spacial score (nSPS) is 14.8. The van der Waals surface area contributed by atoms with Crippen LogP contribution in [-0.2, 0) is 0 Å². The van der Waals surface area contributed by atoms with Crippen LogP contribution in [0.3, 0.4) is 0 Å². The minimum absolute atomic E-state index is 0.0165. The molecule has 2 aromatic rings. The molecule has 17 heavy (non-hydrogen) atoms. The first kappa shape index (κ1) is 12.8. The van der Waals surface area contributed by atoms with Crippen LogP contribution in [0.25, 0.3) is 10.6 Å². The van der Waals surface area contributed by atoms with Crippen molar-refractivity contribution in [3.05, 3.63) is 27.9 Å². The smallest absolute Gasteiger partial charge is 0.123 e. The molecule has 92 valence electrons. The molecule has 0 saturated carbocycles. The van der Waals surface area contributed by atoms with E-state index < -0.39 is 0 Å². The molecule has 0 amide bonds. The van der Waals surface area contributed by atoms with Crippen LogP contribution in [0, 0.1) is 5.92 Å². The minimum atomic E-state index is -0.0165. The highest BCUT2D eigenvalue weighted by Crippen LogP contribution is 2.31. The number of aromatic nitrogens is 2. The van der Waals surface area contributed by atoms with Crippen molar-refractivity contribution in [2.24, 2.45) is 11.7 Å². The van der Waals surface area contributed by atoms with Crippen LogP contribution in [0.4, 0.5) is 0 Å². The molecule has 3 nitrogen and oxygen atoms in total. The molecular formula is C12H16BrN3S. The van der Waals surface area contributed by atoms with Crippen molar-refractivity contribution in [3.63, 3.8) is 0 Å². The topological polar surface area (TPSA) is 54.7 Å². The van der Waals surface area contributed by atoms with Gasteiger partial charge in [-0.15, -0.1) is 11.3 Å². The molecule has 0 aliphatic rings. The third kappa shape index (κ3) is 2.78. The molecule has 2 atom stereocenters. The Bertz CT molecular complexity index is 491. The van der Waals surface area contributed by atoms with Crippen molar-refractivity contribution in [1.82, 2.24) is 9.97 Å². The quantitative estimate of drug-likeness (QED) is 0.898. The zero-order chi connectivity index (χ0) is 12.4. The fraction of sp³-hybridized carbons (Fsp3) is 0.417. The molecule has 0 saturated heterocycles. The van der Waals surface area contributed by atoms with E-state index in [-0.39, 0.29) is 6.04 Å². The van der Waals surface area contributed by atoms with Crippen LogP contribution in [0.5, 0.6) is 0 Å². The Morgan fingerprint density at radius 1 is 1.53 bits per heavy atom. The second-order valence-corrected chi connectivity index (χ2v) is 6.66. The maximum absolute atomic E-state index is 6.15. The van der Waals surface area contributed by atoms with Gasteiger partial charge in [0.15, 0.2) is 0 Å². The van der Waals surface area contributed by atoms with Gasteiger partial charge in [-0.25, -0.2) is 4.98 Å². The molecule has 0 aliphatic carbocycles. The van der Waals surface area contributed by atoms with Crippen molar-refractivity contribution in [1.29, 1.82) is 0 Å². The lowest BCUT2D eigenvalue weighted by Gasteiger charge is -2.15. The van der Waals surface area contributed by atoms with E-state index in [1.165, 1.54) is 4.88 Å². The standard InChI is InChI=1S/C12H16BrN3S/c1-3-7(2)11(14)12-15-6-8(16-12)9-4-5-10(13)17-9/h4-7,11H,3,14H2,1-2H3,(H,15,16). The monoisotopic (exact) mass is 313 g/mol. The molecule has 2 heterocycles. The van der Waals surface area contributed by atoms with E-state index in [0.717, 1.165) is 21.7 Å². The van der Waals surface area contributed by atoms with Crippen LogP contribution < -0.4 is 5.73 Å². The number of halogens is 1. The average Bonchev–Trinajstić information content (AvgIpc) is 2.95. The molecule has 5 heteroatoms. The highest BCUT2D eigenvalue weighted by molar-refractivity contribution is 9.11. The Morgan fingerprint density at radius 3 is 2.88 bits per heavy atom. The highest BCUT2D eigenvalue weighted by atomic mass is 79.9. The summed E-state index contributed by atoms with van der Waals surface area (Å²) in [6.45, 7) is 4.29. The summed E-state index contributed by atoms with van der Waals surface area (Å²) in [6.07, 6.45) is 2.91. The molecule has 0 bridgehead atoms. The van der Waals surface area contributed by atoms with Gasteiger partial charge in [0.05, 0.1) is 26.6 Å². The highest BCUT2D eigenvalue weighted by Gasteiger charge is 2.17. The summed E-state index contributed by atoms with van der Waals surface area (Å²) < 4.78 is 1.12. The summed E-state index contributed by atoms with van der Waals surface area (Å²) in [6, 6.07) is 4.09. The van der Waals surface area contributed by atoms with Gasteiger partial charge in [0.2, 0.25) is 0 Å². The first-order valence-corrected chi connectivity index (χ1v) is 7.29. The molecule has 0 aromatic carbocycles. The zero-order valence-electron chi connectivity index (χ0n) is 9.90. The Hall–Kier alpha value is -0.650. The number of aromatic amines is 1. The second-order valence-electron chi connectivity index (χ2n) is 4.20. The van der Waals surface area contributed by atoms with Crippen molar-refractivity contribution >= 4 is 27.3 Å². The van der Waals surface area contributed by atoms with Gasteiger partial charge in [-0.1, -0.05) is 20.3 Å². The number of hydrogen-bond donors (Lipinski definition) is 2.